The van der Waals surface area contributed by atoms with Crippen molar-refractivity contribution in [2.24, 2.45) is 11.8 Å². The van der Waals surface area contributed by atoms with E-state index in [9.17, 15) is 4.79 Å². The molecule has 1 N–H and O–H groups in total. The van der Waals surface area contributed by atoms with Crippen molar-refractivity contribution in [1.29, 1.82) is 5.26 Å². The van der Waals surface area contributed by atoms with Gasteiger partial charge in [0.1, 0.15) is 0 Å². The molecule has 0 spiro atoms. The Bertz CT molecular complexity index is 259. The van der Waals surface area contributed by atoms with Crippen LogP contribution < -0.4 is 0 Å². The number of rotatable bonds is 2. The largest absolute Gasteiger partial charge is 0.481 e. The molecule has 3 unspecified atom stereocenters. The molecule has 78 valence electrons. The van der Waals surface area contributed by atoms with Crippen molar-refractivity contribution < 1.29 is 9.90 Å². The van der Waals surface area contributed by atoms with Crippen molar-refractivity contribution in [3.63, 3.8) is 0 Å². The number of aliphatic carboxylic acids is 1. The van der Waals surface area contributed by atoms with Crippen LogP contribution in [0, 0.1) is 23.2 Å². The first-order valence-electron chi connectivity index (χ1n) is 4.92. The van der Waals surface area contributed by atoms with Gasteiger partial charge < -0.3 is 5.11 Å². The SMILES string of the molecule is CC1CN(C(C)C#N)CCC1C(=O)O. The van der Waals surface area contributed by atoms with Crippen LogP contribution >= 0.6 is 0 Å². The fraction of sp³-hybridized carbons (Fsp3) is 0.800. The summed E-state index contributed by atoms with van der Waals surface area (Å²) in [7, 11) is 0. The lowest BCUT2D eigenvalue weighted by atomic mass is 9.86. The topological polar surface area (TPSA) is 64.3 Å². The molecule has 0 aromatic heterocycles. The van der Waals surface area contributed by atoms with Crippen molar-refractivity contribution in [3.05, 3.63) is 0 Å². The predicted octanol–water partition coefficient (Wildman–Crippen LogP) is 0.941. The van der Waals surface area contributed by atoms with Crippen LogP contribution in [0.25, 0.3) is 0 Å². The summed E-state index contributed by atoms with van der Waals surface area (Å²) in [6.07, 6.45) is 0.655. The minimum absolute atomic E-state index is 0.104. The highest BCUT2D eigenvalue weighted by molar-refractivity contribution is 5.70. The standard InChI is InChI=1S/C10H16N2O2/c1-7-6-12(8(2)5-11)4-3-9(7)10(13)14/h7-9H,3-4,6H2,1-2H3,(H,13,14). The molecule has 4 heteroatoms. The van der Waals surface area contributed by atoms with Gasteiger partial charge in [0.25, 0.3) is 0 Å². The first kappa shape index (κ1) is 11.0. The number of carbonyl (C=O) groups is 1. The third-order valence-corrected chi connectivity index (χ3v) is 2.99. The third-order valence-electron chi connectivity index (χ3n) is 2.99. The van der Waals surface area contributed by atoms with Crippen LogP contribution in [0.5, 0.6) is 0 Å². The summed E-state index contributed by atoms with van der Waals surface area (Å²) >= 11 is 0. The predicted molar refractivity (Wildman–Crippen MR) is 51.6 cm³/mol. The second-order valence-corrected chi connectivity index (χ2v) is 4.01. The molecule has 0 saturated carbocycles. The fourth-order valence-corrected chi connectivity index (χ4v) is 1.98. The average molecular weight is 196 g/mol. The van der Waals surface area contributed by atoms with Gasteiger partial charge >= 0.3 is 5.97 Å². The zero-order valence-corrected chi connectivity index (χ0v) is 8.60. The van der Waals surface area contributed by atoms with Crippen molar-refractivity contribution in [3.8, 4) is 6.07 Å². The summed E-state index contributed by atoms with van der Waals surface area (Å²) in [6, 6.07) is 2.07. The van der Waals surface area contributed by atoms with Crippen LogP contribution in [0.1, 0.15) is 20.3 Å². The van der Waals surface area contributed by atoms with Gasteiger partial charge in [0, 0.05) is 13.1 Å². The van der Waals surface area contributed by atoms with Crippen molar-refractivity contribution >= 4 is 5.97 Å². The Kier molecular flexibility index (Phi) is 3.48. The van der Waals surface area contributed by atoms with E-state index in [2.05, 4.69) is 6.07 Å². The van der Waals surface area contributed by atoms with Crippen LogP contribution in [-0.2, 0) is 4.79 Å². The van der Waals surface area contributed by atoms with Crippen LogP contribution in [0.4, 0.5) is 0 Å². The molecule has 0 bridgehead atoms. The van der Waals surface area contributed by atoms with Gasteiger partial charge in [0.05, 0.1) is 18.0 Å². The molecule has 0 aromatic carbocycles. The van der Waals surface area contributed by atoms with E-state index in [-0.39, 0.29) is 17.9 Å². The quantitative estimate of drug-likeness (QED) is 0.714. The summed E-state index contributed by atoms with van der Waals surface area (Å²) < 4.78 is 0. The Morgan fingerprint density at radius 3 is 2.79 bits per heavy atom. The summed E-state index contributed by atoms with van der Waals surface area (Å²) in [5.74, 6) is -0.809. The molecule has 1 heterocycles. The van der Waals surface area contributed by atoms with E-state index in [0.29, 0.717) is 13.0 Å². The molecule has 3 atom stereocenters. The number of carboxylic acid groups (broad SMARTS) is 1. The third kappa shape index (κ3) is 2.24. The molecular formula is C10H16N2O2. The number of hydrogen-bond donors (Lipinski definition) is 1. The maximum absolute atomic E-state index is 10.8. The zero-order chi connectivity index (χ0) is 10.7. The number of nitriles is 1. The zero-order valence-electron chi connectivity index (χ0n) is 8.60. The molecule has 0 aromatic rings. The summed E-state index contributed by atoms with van der Waals surface area (Å²) in [4.78, 5) is 12.9. The van der Waals surface area contributed by atoms with Gasteiger partial charge in [-0.1, -0.05) is 6.92 Å². The van der Waals surface area contributed by atoms with E-state index in [1.165, 1.54) is 0 Å². The molecule has 4 nitrogen and oxygen atoms in total. The number of hydrogen-bond acceptors (Lipinski definition) is 3. The molecule has 0 aliphatic carbocycles. The lowest BCUT2D eigenvalue weighted by Gasteiger charge is -2.36. The molecule has 1 saturated heterocycles. The molecule has 14 heavy (non-hydrogen) atoms. The van der Waals surface area contributed by atoms with Crippen molar-refractivity contribution in [1.82, 2.24) is 4.90 Å². The van der Waals surface area contributed by atoms with E-state index in [1.807, 2.05) is 18.7 Å². The minimum Gasteiger partial charge on any atom is -0.481 e. The second kappa shape index (κ2) is 4.43. The lowest BCUT2D eigenvalue weighted by molar-refractivity contribution is -0.145. The van der Waals surface area contributed by atoms with Crippen LogP contribution in [0.15, 0.2) is 0 Å². The molecule has 1 rings (SSSR count). The van der Waals surface area contributed by atoms with Crippen molar-refractivity contribution in [2.75, 3.05) is 13.1 Å². The Morgan fingerprint density at radius 2 is 2.36 bits per heavy atom. The average Bonchev–Trinajstić information content (AvgIpc) is 2.15. The second-order valence-electron chi connectivity index (χ2n) is 4.01. The summed E-state index contributed by atoms with van der Waals surface area (Å²) in [6.45, 7) is 5.23. The smallest absolute Gasteiger partial charge is 0.306 e. The van der Waals surface area contributed by atoms with Gasteiger partial charge in [-0.15, -0.1) is 0 Å². The highest BCUT2D eigenvalue weighted by Crippen LogP contribution is 2.24. The summed E-state index contributed by atoms with van der Waals surface area (Å²) in [5, 5.41) is 17.6. The lowest BCUT2D eigenvalue weighted by Crippen LogP contribution is -2.45. The first-order valence-corrected chi connectivity index (χ1v) is 4.92. The number of piperidine rings is 1. The van der Waals surface area contributed by atoms with Crippen molar-refractivity contribution in [2.45, 2.75) is 26.3 Å². The minimum atomic E-state index is -0.707. The van der Waals surface area contributed by atoms with Crippen LogP contribution in [0.2, 0.25) is 0 Å². The van der Waals surface area contributed by atoms with Gasteiger partial charge in [-0.25, -0.2) is 0 Å². The Balaban J connectivity index is 2.56. The normalized spacial score (nSPS) is 30.6. The molecule has 1 aliphatic rings. The van der Waals surface area contributed by atoms with E-state index in [1.54, 1.807) is 0 Å². The molecule has 0 amide bonds. The van der Waals surface area contributed by atoms with Gasteiger partial charge in [0.2, 0.25) is 0 Å². The monoisotopic (exact) mass is 196 g/mol. The first-order chi connectivity index (χ1) is 6.56. The molecule has 1 fully saturated rings. The highest BCUT2D eigenvalue weighted by Gasteiger charge is 2.32. The van der Waals surface area contributed by atoms with Gasteiger partial charge in [-0.3, -0.25) is 9.69 Å². The maximum Gasteiger partial charge on any atom is 0.306 e. The van der Waals surface area contributed by atoms with Gasteiger partial charge in [-0.2, -0.15) is 5.26 Å². The van der Waals surface area contributed by atoms with Crippen LogP contribution in [0.3, 0.4) is 0 Å². The molecule has 0 radical (unpaired) electrons. The Hall–Kier alpha value is -1.08. The number of carboxylic acids is 1. The van der Waals surface area contributed by atoms with Gasteiger partial charge in [-0.05, 0) is 19.3 Å². The van der Waals surface area contributed by atoms with Crippen LogP contribution in [-0.4, -0.2) is 35.1 Å². The highest BCUT2D eigenvalue weighted by atomic mass is 16.4. The fourth-order valence-electron chi connectivity index (χ4n) is 1.98. The Labute approximate surface area is 84.1 Å². The molecule has 1 aliphatic heterocycles. The maximum atomic E-state index is 10.8. The van der Waals surface area contributed by atoms with E-state index < -0.39 is 5.97 Å². The summed E-state index contributed by atoms with van der Waals surface area (Å²) in [5.41, 5.74) is 0. The van der Waals surface area contributed by atoms with E-state index in [4.69, 9.17) is 10.4 Å². The molecular weight excluding hydrogens is 180 g/mol. The van der Waals surface area contributed by atoms with E-state index >= 15 is 0 Å². The number of nitrogens with zero attached hydrogens (tertiary/aromatic N) is 2. The van der Waals surface area contributed by atoms with E-state index in [0.717, 1.165) is 6.54 Å². The Morgan fingerprint density at radius 1 is 1.71 bits per heavy atom. The number of likely N-dealkylation sites (tertiary alicyclic amines) is 1. The van der Waals surface area contributed by atoms with Gasteiger partial charge in [0.15, 0.2) is 0 Å².